The normalized spacial score (nSPS) is 10.7. The van der Waals surface area contributed by atoms with Crippen LogP contribution in [0, 0.1) is 0 Å². The van der Waals surface area contributed by atoms with Crippen LogP contribution in [0.15, 0.2) is 6.20 Å². The fourth-order valence-corrected chi connectivity index (χ4v) is 1.94. The van der Waals surface area contributed by atoms with Crippen molar-refractivity contribution in [1.29, 1.82) is 0 Å². The molecule has 0 saturated carbocycles. The summed E-state index contributed by atoms with van der Waals surface area (Å²) in [6.07, 6.45) is 2.58. The van der Waals surface area contributed by atoms with Crippen molar-refractivity contribution < 1.29 is 4.79 Å². The summed E-state index contributed by atoms with van der Waals surface area (Å²) in [7, 11) is 0. The monoisotopic (exact) mass is 307 g/mol. The topological polar surface area (TPSA) is 106 Å². The molecule has 2 aromatic heterocycles. The van der Waals surface area contributed by atoms with Gasteiger partial charge in [0.2, 0.25) is 5.13 Å². The van der Waals surface area contributed by atoms with Crippen LogP contribution < -0.4 is 10.6 Å². The van der Waals surface area contributed by atoms with Crippen LogP contribution in [0.25, 0.3) is 0 Å². The van der Waals surface area contributed by atoms with Gasteiger partial charge in [0.1, 0.15) is 5.82 Å². The highest BCUT2D eigenvalue weighted by Crippen LogP contribution is 2.18. The minimum Gasteiger partial charge on any atom is -0.382 e. The summed E-state index contributed by atoms with van der Waals surface area (Å²) in [6, 6.07) is 0. The predicted octanol–water partition coefficient (Wildman–Crippen LogP) is 1.92. The Morgan fingerprint density at radius 2 is 2.24 bits per heavy atom. The highest BCUT2D eigenvalue weighted by Gasteiger charge is 2.17. The van der Waals surface area contributed by atoms with E-state index >= 15 is 0 Å². The molecule has 0 unspecified atom stereocenters. The van der Waals surface area contributed by atoms with E-state index < -0.39 is 0 Å². The smallest absolute Gasteiger partial charge is 0.278 e. The molecule has 8 nitrogen and oxygen atoms in total. The molecule has 0 aliphatic heterocycles. The van der Waals surface area contributed by atoms with Crippen molar-refractivity contribution in [1.82, 2.24) is 24.8 Å². The molecule has 0 aromatic carbocycles. The van der Waals surface area contributed by atoms with Gasteiger partial charge in [0.15, 0.2) is 5.69 Å². The van der Waals surface area contributed by atoms with E-state index in [9.17, 15) is 4.79 Å². The molecule has 2 aromatic rings. The Labute approximate surface area is 126 Å². The zero-order chi connectivity index (χ0) is 15.2. The lowest BCUT2D eigenvalue weighted by Gasteiger charge is -2.12. The van der Waals surface area contributed by atoms with Crippen LogP contribution in [0.2, 0.25) is 0 Å². The first-order chi connectivity index (χ1) is 10.1. The van der Waals surface area contributed by atoms with Gasteiger partial charge >= 0.3 is 0 Å². The molecular weight excluding hydrogens is 290 g/mol. The number of hydrogen-bond acceptors (Lipinski definition) is 8. The van der Waals surface area contributed by atoms with E-state index in [4.69, 9.17) is 0 Å². The second kappa shape index (κ2) is 7.02. The van der Waals surface area contributed by atoms with Crippen molar-refractivity contribution in [2.45, 2.75) is 33.1 Å². The van der Waals surface area contributed by atoms with Gasteiger partial charge in [-0.1, -0.05) is 30.4 Å². The van der Waals surface area contributed by atoms with Crippen LogP contribution in [-0.2, 0) is 0 Å². The van der Waals surface area contributed by atoms with Crippen molar-refractivity contribution in [2.24, 2.45) is 0 Å². The fourth-order valence-electron chi connectivity index (χ4n) is 1.57. The molecule has 0 bridgehead atoms. The van der Waals surface area contributed by atoms with Gasteiger partial charge in [0.05, 0.1) is 11.9 Å². The van der Waals surface area contributed by atoms with Crippen molar-refractivity contribution in [3.05, 3.63) is 17.7 Å². The second-order valence-corrected chi connectivity index (χ2v) is 5.43. The minimum absolute atomic E-state index is 0.139. The third-order valence-electron chi connectivity index (χ3n) is 2.62. The predicted molar refractivity (Wildman–Crippen MR) is 80.6 cm³/mol. The third-order valence-corrected chi connectivity index (χ3v) is 3.14. The number of aromatic nitrogens is 5. The van der Waals surface area contributed by atoms with Crippen LogP contribution in [-0.4, -0.2) is 37.2 Å². The van der Waals surface area contributed by atoms with Crippen LogP contribution in [0.4, 0.5) is 10.8 Å². The molecule has 0 radical (unpaired) electrons. The van der Waals surface area contributed by atoms with Crippen molar-refractivity contribution in [3.8, 4) is 0 Å². The largest absolute Gasteiger partial charge is 0.382 e. The average molecular weight is 307 g/mol. The van der Waals surface area contributed by atoms with Crippen molar-refractivity contribution in [2.75, 3.05) is 17.2 Å². The van der Waals surface area contributed by atoms with Gasteiger partial charge in [-0.25, -0.2) is 9.97 Å². The summed E-state index contributed by atoms with van der Waals surface area (Å²) in [6.45, 7) is 6.74. The van der Waals surface area contributed by atoms with Gasteiger partial charge in [-0.15, -0.1) is 0 Å². The Bertz CT molecular complexity index is 600. The van der Waals surface area contributed by atoms with E-state index in [-0.39, 0.29) is 11.8 Å². The Balaban J connectivity index is 2.28. The lowest BCUT2D eigenvalue weighted by atomic mass is 10.2. The van der Waals surface area contributed by atoms with Crippen LogP contribution in [0.3, 0.4) is 0 Å². The number of nitrogens with zero attached hydrogens (tertiary/aromatic N) is 5. The first-order valence-electron chi connectivity index (χ1n) is 6.69. The molecule has 1 amide bonds. The summed E-state index contributed by atoms with van der Waals surface area (Å²) in [5.41, 5.74) is 0.911. The lowest BCUT2D eigenvalue weighted by molar-refractivity contribution is 0.102. The molecule has 0 aliphatic carbocycles. The van der Waals surface area contributed by atoms with E-state index in [0.717, 1.165) is 24.5 Å². The summed E-state index contributed by atoms with van der Waals surface area (Å²) in [4.78, 5) is 21.0. The summed E-state index contributed by atoms with van der Waals surface area (Å²) < 4.78 is 3.60. The van der Waals surface area contributed by atoms with Gasteiger partial charge in [-0.05, 0) is 11.6 Å². The molecule has 0 spiro atoms. The maximum absolute atomic E-state index is 12.3. The maximum Gasteiger partial charge on any atom is 0.278 e. The number of carbonyl (C=O) groups is 1. The Morgan fingerprint density at radius 1 is 1.43 bits per heavy atom. The molecule has 0 saturated heterocycles. The fraction of sp³-hybridized carbons (Fsp3) is 0.500. The van der Waals surface area contributed by atoms with E-state index in [1.807, 2.05) is 20.8 Å². The number of rotatable bonds is 6. The van der Waals surface area contributed by atoms with Crippen molar-refractivity contribution >= 4 is 28.3 Å². The van der Waals surface area contributed by atoms with Crippen molar-refractivity contribution in [3.63, 3.8) is 0 Å². The standard InChI is InChI=1S/C12H17N7OS/c1-4-5-13-8-6-14-10(7(2)3)15-9(8)11(20)16-12-17-18-19-21-12/h6-7,13H,4-5H2,1-3H3,(H,16,17,19,20). The molecule has 9 heteroatoms. The Morgan fingerprint density at radius 3 is 2.86 bits per heavy atom. The molecule has 2 rings (SSSR count). The van der Waals surface area contributed by atoms with Crippen LogP contribution in [0.5, 0.6) is 0 Å². The summed E-state index contributed by atoms with van der Waals surface area (Å²) in [5.74, 6) is 0.411. The highest BCUT2D eigenvalue weighted by atomic mass is 32.1. The number of hydrogen-bond donors (Lipinski definition) is 2. The Hall–Kier alpha value is -2.16. The minimum atomic E-state index is -0.351. The van der Waals surface area contributed by atoms with E-state index in [1.54, 1.807) is 6.20 Å². The van der Waals surface area contributed by atoms with Gasteiger partial charge in [-0.3, -0.25) is 10.1 Å². The Kier molecular flexibility index (Phi) is 5.09. The zero-order valence-electron chi connectivity index (χ0n) is 12.1. The first kappa shape index (κ1) is 15.2. The van der Waals surface area contributed by atoms with E-state index in [0.29, 0.717) is 22.3 Å². The second-order valence-electron chi connectivity index (χ2n) is 4.69. The summed E-state index contributed by atoms with van der Waals surface area (Å²) >= 11 is 1.01. The van der Waals surface area contributed by atoms with E-state index in [1.165, 1.54) is 0 Å². The number of nitrogens with one attached hydrogen (secondary N) is 2. The lowest BCUT2D eigenvalue weighted by Crippen LogP contribution is -2.19. The van der Waals surface area contributed by atoms with Gasteiger partial charge in [0, 0.05) is 24.0 Å². The first-order valence-corrected chi connectivity index (χ1v) is 7.46. The highest BCUT2D eigenvalue weighted by molar-refractivity contribution is 7.09. The number of carbonyl (C=O) groups excluding carboxylic acids is 1. The molecule has 21 heavy (non-hydrogen) atoms. The molecule has 0 atom stereocenters. The SMILES string of the molecule is CCCNc1cnc(C(C)C)nc1C(=O)Nc1nnns1. The number of anilines is 2. The third kappa shape index (κ3) is 3.91. The maximum atomic E-state index is 12.3. The molecular formula is C12H17N7OS. The van der Waals surface area contributed by atoms with Gasteiger partial charge in [0.25, 0.3) is 5.91 Å². The van der Waals surface area contributed by atoms with Crippen LogP contribution >= 0.6 is 11.5 Å². The quantitative estimate of drug-likeness (QED) is 0.839. The summed E-state index contributed by atoms with van der Waals surface area (Å²) in [5, 5.41) is 13.3. The average Bonchev–Trinajstić information content (AvgIpc) is 2.97. The molecule has 0 fully saturated rings. The van der Waals surface area contributed by atoms with Gasteiger partial charge < -0.3 is 5.32 Å². The van der Waals surface area contributed by atoms with Crippen LogP contribution in [0.1, 0.15) is 49.4 Å². The number of amides is 1. The van der Waals surface area contributed by atoms with Gasteiger partial charge in [-0.2, -0.15) is 0 Å². The molecule has 2 heterocycles. The van der Waals surface area contributed by atoms with E-state index in [2.05, 4.69) is 35.4 Å². The molecule has 112 valence electrons. The zero-order valence-corrected chi connectivity index (χ0v) is 12.9. The molecule has 2 N–H and O–H groups in total. The molecule has 0 aliphatic rings.